The van der Waals surface area contributed by atoms with E-state index in [4.69, 9.17) is 4.42 Å². The molecule has 5 nitrogen and oxygen atoms in total. The molecule has 20 heavy (non-hydrogen) atoms. The van der Waals surface area contributed by atoms with Crippen LogP contribution in [-0.4, -0.2) is 11.8 Å². The fraction of sp³-hybridized carbons (Fsp3) is 0.0769. The van der Waals surface area contributed by atoms with Gasteiger partial charge < -0.3 is 4.42 Å². The number of benzene rings is 1. The molecule has 1 heterocycles. The van der Waals surface area contributed by atoms with Crippen LogP contribution in [0.25, 0.3) is 0 Å². The number of carbonyl (C=O) groups excluding carboxylic acids is 2. The second-order valence-corrected chi connectivity index (χ2v) is 4.69. The fourth-order valence-corrected chi connectivity index (χ4v) is 1.76. The Balaban J connectivity index is 1.83. The van der Waals surface area contributed by atoms with Crippen molar-refractivity contribution in [3.8, 4) is 0 Å². The number of furan rings is 1. The van der Waals surface area contributed by atoms with Gasteiger partial charge in [0.05, 0.1) is 6.42 Å². The molecule has 0 unspecified atom stereocenters. The van der Waals surface area contributed by atoms with Gasteiger partial charge >= 0.3 is 5.91 Å². The van der Waals surface area contributed by atoms with E-state index in [1.54, 1.807) is 6.07 Å². The van der Waals surface area contributed by atoms with Crippen LogP contribution in [0.3, 0.4) is 0 Å². The van der Waals surface area contributed by atoms with Crippen LogP contribution in [0.2, 0.25) is 0 Å². The van der Waals surface area contributed by atoms with Gasteiger partial charge in [0.25, 0.3) is 0 Å². The van der Waals surface area contributed by atoms with Gasteiger partial charge in [0.2, 0.25) is 5.91 Å². The van der Waals surface area contributed by atoms with E-state index in [1.807, 2.05) is 0 Å². The predicted molar refractivity (Wildman–Crippen MR) is 72.1 cm³/mol. The standard InChI is InChI=1S/C13H10BrFN2O3/c14-11-6-5-10(20-11)13(19)17-16-12(18)7-8-1-3-9(15)4-2-8/h1-6H,7H2,(H,16,18)(H,17,19). The van der Waals surface area contributed by atoms with Crippen LogP contribution in [0.15, 0.2) is 45.5 Å². The van der Waals surface area contributed by atoms with Crippen molar-refractivity contribution in [3.05, 3.63) is 58.2 Å². The lowest BCUT2D eigenvalue weighted by atomic mass is 10.1. The lowest BCUT2D eigenvalue weighted by Crippen LogP contribution is -2.42. The Morgan fingerprint density at radius 1 is 1.10 bits per heavy atom. The van der Waals surface area contributed by atoms with Crippen molar-refractivity contribution >= 4 is 27.7 Å². The molecule has 1 aromatic heterocycles. The normalized spacial score (nSPS) is 10.1. The molecule has 0 aliphatic rings. The van der Waals surface area contributed by atoms with Gasteiger partial charge in [-0.05, 0) is 45.8 Å². The molecule has 0 saturated carbocycles. The molecule has 104 valence electrons. The minimum absolute atomic E-state index is 0.0302. The van der Waals surface area contributed by atoms with Crippen molar-refractivity contribution in [2.24, 2.45) is 0 Å². The quantitative estimate of drug-likeness (QED) is 0.841. The highest BCUT2D eigenvalue weighted by Gasteiger charge is 2.11. The third-order valence-electron chi connectivity index (χ3n) is 2.39. The van der Waals surface area contributed by atoms with E-state index in [2.05, 4.69) is 26.8 Å². The van der Waals surface area contributed by atoms with E-state index in [1.165, 1.54) is 30.3 Å². The summed E-state index contributed by atoms with van der Waals surface area (Å²) in [6.45, 7) is 0. The Hall–Kier alpha value is -2.15. The van der Waals surface area contributed by atoms with Gasteiger partial charge in [-0.1, -0.05) is 12.1 Å². The van der Waals surface area contributed by atoms with E-state index < -0.39 is 11.8 Å². The van der Waals surface area contributed by atoms with E-state index >= 15 is 0 Å². The minimum atomic E-state index is -0.567. The van der Waals surface area contributed by atoms with Crippen molar-refractivity contribution in [2.45, 2.75) is 6.42 Å². The van der Waals surface area contributed by atoms with Crippen molar-refractivity contribution in [1.29, 1.82) is 0 Å². The summed E-state index contributed by atoms with van der Waals surface area (Å²) in [4.78, 5) is 23.1. The zero-order valence-electron chi connectivity index (χ0n) is 10.2. The fourth-order valence-electron chi connectivity index (χ4n) is 1.46. The first kappa shape index (κ1) is 14.3. The number of hydrogen-bond acceptors (Lipinski definition) is 3. The lowest BCUT2D eigenvalue weighted by Gasteiger charge is -2.05. The molecule has 0 atom stereocenters. The summed E-state index contributed by atoms with van der Waals surface area (Å²) in [6, 6.07) is 8.56. The molecule has 2 rings (SSSR count). The SMILES string of the molecule is O=C(Cc1ccc(F)cc1)NNC(=O)c1ccc(Br)o1. The number of amides is 2. The number of nitrogens with one attached hydrogen (secondary N) is 2. The van der Waals surface area contributed by atoms with Gasteiger partial charge in [-0.3, -0.25) is 20.4 Å². The van der Waals surface area contributed by atoms with Crippen LogP contribution in [0, 0.1) is 5.82 Å². The topological polar surface area (TPSA) is 71.3 Å². The van der Waals surface area contributed by atoms with E-state index in [-0.39, 0.29) is 18.0 Å². The Morgan fingerprint density at radius 3 is 2.40 bits per heavy atom. The van der Waals surface area contributed by atoms with Crippen LogP contribution in [-0.2, 0) is 11.2 Å². The highest BCUT2D eigenvalue weighted by molar-refractivity contribution is 9.10. The Labute approximate surface area is 122 Å². The van der Waals surface area contributed by atoms with Gasteiger partial charge in [-0.2, -0.15) is 0 Å². The summed E-state index contributed by atoms with van der Waals surface area (Å²) in [5, 5.41) is 0. The largest absolute Gasteiger partial charge is 0.444 e. The van der Waals surface area contributed by atoms with Gasteiger partial charge in [-0.15, -0.1) is 0 Å². The Morgan fingerprint density at radius 2 is 1.80 bits per heavy atom. The third kappa shape index (κ3) is 3.92. The summed E-state index contributed by atoms with van der Waals surface area (Å²) in [6.07, 6.45) is 0.0302. The molecule has 0 aliphatic carbocycles. The van der Waals surface area contributed by atoms with Crippen molar-refractivity contribution in [2.75, 3.05) is 0 Å². The smallest absolute Gasteiger partial charge is 0.305 e. The average molecular weight is 341 g/mol. The number of rotatable bonds is 3. The minimum Gasteiger partial charge on any atom is -0.444 e. The molecule has 0 fully saturated rings. The molecule has 0 aliphatic heterocycles. The molecule has 0 spiro atoms. The first-order valence-corrected chi connectivity index (χ1v) is 6.43. The van der Waals surface area contributed by atoms with Crippen LogP contribution in [0.4, 0.5) is 4.39 Å². The molecule has 2 amide bonds. The Bertz CT molecular complexity index is 625. The maximum absolute atomic E-state index is 12.7. The second-order valence-electron chi connectivity index (χ2n) is 3.91. The third-order valence-corrected chi connectivity index (χ3v) is 2.82. The van der Waals surface area contributed by atoms with Gasteiger partial charge in [0.1, 0.15) is 5.82 Å². The molecule has 1 aromatic carbocycles. The maximum Gasteiger partial charge on any atom is 0.305 e. The number of hydrogen-bond donors (Lipinski definition) is 2. The molecule has 0 radical (unpaired) electrons. The molecular weight excluding hydrogens is 331 g/mol. The zero-order valence-corrected chi connectivity index (χ0v) is 11.7. The van der Waals surface area contributed by atoms with Crippen molar-refractivity contribution in [3.63, 3.8) is 0 Å². The highest BCUT2D eigenvalue weighted by atomic mass is 79.9. The molecule has 7 heteroatoms. The first-order valence-electron chi connectivity index (χ1n) is 5.63. The van der Waals surface area contributed by atoms with E-state index in [0.717, 1.165) is 0 Å². The van der Waals surface area contributed by atoms with Crippen LogP contribution in [0.1, 0.15) is 16.1 Å². The van der Waals surface area contributed by atoms with Crippen molar-refractivity contribution < 1.29 is 18.4 Å². The van der Waals surface area contributed by atoms with Gasteiger partial charge in [0.15, 0.2) is 10.4 Å². The summed E-state index contributed by atoms with van der Waals surface area (Å²) < 4.78 is 18.1. The summed E-state index contributed by atoms with van der Waals surface area (Å²) >= 11 is 3.07. The maximum atomic E-state index is 12.7. The first-order chi connectivity index (χ1) is 9.54. The van der Waals surface area contributed by atoms with Crippen LogP contribution < -0.4 is 10.9 Å². The number of halogens is 2. The molecule has 0 bridgehead atoms. The molecular formula is C13H10BrFN2O3. The molecule has 2 aromatic rings. The van der Waals surface area contributed by atoms with Crippen LogP contribution in [0.5, 0.6) is 0 Å². The molecule has 0 saturated heterocycles. The van der Waals surface area contributed by atoms with Gasteiger partial charge in [0, 0.05) is 0 Å². The second kappa shape index (κ2) is 6.33. The molecule has 2 N–H and O–H groups in total. The van der Waals surface area contributed by atoms with Gasteiger partial charge in [-0.25, -0.2) is 4.39 Å². The van der Waals surface area contributed by atoms with Crippen molar-refractivity contribution in [1.82, 2.24) is 10.9 Å². The average Bonchev–Trinajstić information content (AvgIpc) is 2.85. The monoisotopic (exact) mass is 340 g/mol. The Kier molecular flexibility index (Phi) is 4.52. The summed E-state index contributed by atoms with van der Waals surface area (Å²) in [7, 11) is 0. The number of carbonyl (C=O) groups is 2. The number of hydrazine groups is 1. The van der Waals surface area contributed by atoms with Crippen LogP contribution >= 0.6 is 15.9 Å². The highest BCUT2D eigenvalue weighted by Crippen LogP contribution is 2.13. The lowest BCUT2D eigenvalue weighted by molar-refractivity contribution is -0.121. The summed E-state index contributed by atoms with van der Waals surface area (Å²) in [5.74, 6) is -1.29. The van der Waals surface area contributed by atoms with E-state index in [9.17, 15) is 14.0 Å². The predicted octanol–water partition coefficient (Wildman–Crippen LogP) is 2.18. The van der Waals surface area contributed by atoms with E-state index in [0.29, 0.717) is 10.2 Å². The summed E-state index contributed by atoms with van der Waals surface area (Å²) in [5.41, 5.74) is 5.10. The zero-order chi connectivity index (χ0) is 14.5.